The summed E-state index contributed by atoms with van der Waals surface area (Å²) in [5, 5.41) is 0. The van der Waals surface area contributed by atoms with E-state index in [4.69, 9.17) is 10.2 Å². The summed E-state index contributed by atoms with van der Waals surface area (Å²) in [4.78, 5) is 2.46. The molecule has 1 aromatic heterocycles. The molecule has 0 spiro atoms. The van der Waals surface area contributed by atoms with Crippen molar-refractivity contribution in [1.29, 1.82) is 0 Å². The molecule has 2 heterocycles. The Bertz CT molecular complexity index is 299. The molecule has 1 saturated heterocycles. The van der Waals surface area contributed by atoms with Gasteiger partial charge in [0.1, 0.15) is 5.76 Å². The van der Waals surface area contributed by atoms with Crippen molar-refractivity contribution in [2.45, 2.75) is 38.3 Å². The third-order valence-corrected chi connectivity index (χ3v) is 3.53. The van der Waals surface area contributed by atoms with Crippen LogP contribution in [0.2, 0.25) is 0 Å². The maximum Gasteiger partial charge on any atom is 0.122 e. The van der Waals surface area contributed by atoms with E-state index >= 15 is 0 Å². The Kier molecular flexibility index (Phi) is 2.85. The predicted molar refractivity (Wildman–Crippen MR) is 60.5 cm³/mol. The van der Waals surface area contributed by atoms with E-state index in [1.807, 2.05) is 12.1 Å². The SMILES string of the molecule is CC(C)(C(N)c1ccco1)N1CCCC1. The van der Waals surface area contributed by atoms with E-state index in [0.29, 0.717) is 0 Å². The molecule has 0 aliphatic carbocycles. The number of nitrogens with zero attached hydrogens (tertiary/aromatic N) is 1. The van der Waals surface area contributed by atoms with Crippen LogP contribution < -0.4 is 5.73 Å². The molecule has 1 aliphatic heterocycles. The summed E-state index contributed by atoms with van der Waals surface area (Å²) >= 11 is 0. The molecule has 0 saturated carbocycles. The van der Waals surface area contributed by atoms with Crippen molar-refractivity contribution in [3.63, 3.8) is 0 Å². The van der Waals surface area contributed by atoms with Crippen LogP contribution in [0.15, 0.2) is 22.8 Å². The van der Waals surface area contributed by atoms with Crippen LogP contribution in [-0.2, 0) is 0 Å². The van der Waals surface area contributed by atoms with Crippen molar-refractivity contribution in [2.75, 3.05) is 13.1 Å². The number of likely N-dealkylation sites (tertiary alicyclic amines) is 1. The number of rotatable bonds is 3. The first-order valence-corrected chi connectivity index (χ1v) is 5.66. The minimum Gasteiger partial charge on any atom is -0.468 e. The summed E-state index contributed by atoms with van der Waals surface area (Å²) < 4.78 is 5.39. The molecule has 1 aliphatic rings. The highest BCUT2D eigenvalue weighted by atomic mass is 16.3. The minimum absolute atomic E-state index is 0.0195. The van der Waals surface area contributed by atoms with Crippen LogP contribution in [0.3, 0.4) is 0 Å². The Morgan fingerprint density at radius 2 is 2.07 bits per heavy atom. The molecule has 3 heteroatoms. The third-order valence-electron chi connectivity index (χ3n) is 3.53. The Balaban J connectivity index is 2.13. The van der Waals surface area contributed by atoms with Crippen molar-refractivity contribution in [3.05, 3.63) is 24.2 Å². The monoisotopic (exact) mass is 208 g/mol. The quantitative estimate of drug-likeness (QED) is 0.827. The lowest BCUT2D eigenvalue weighted by molar-refractivity contribution is 0.114. The summed E-state index contributed by atoms with van der Waals surface area (Å²) in [5.41, 5.74) is 6.24. The van der Waals surface area contributed by atoms with Gasteiger partial charge in [-0.15, -0.1) is 0 Å². The molecule has 1 fully saturated rings. The number of nitrogens with two attached hydrogens (primary N) is 1. The fourth-order valence-electron chi connectivity index (χ4n) is 2.31. The lowest BCUT2D eigenvalue weighted by Crippen LogP contribution is -2.49. The second kappa shape index (κ2) is 3.99. The maximum absolute atomic E-state index is 6.26. The van der Waals surface area contributed by atoms with Crippen molar-refractivity contribution in [2.24, 2.45) is 5.73 Å². The Hall–Kier alpha value is -0.800. The van der Waals surface area contributed by atoms with Crippen molar-refractivity contribution < 1.29 is 4.42 Å². The highest BCUT2D eigenvalue weighted by molar-refractivity contribution is 5.10. The Labute approximate surface area is 91.2 Å². The summed E-state index contributed by atoms with van der Waals surface area (Å²) in [7, 11) is 0. The van der Waals surface area contributed by atoms with Gasteiger partial charge in [-0.3, -0.25) is 4.90 Å². The number of hydrogen-bond acceptors (Lipinski definition) is 3. The van der Waals surface area contributed by atoms with Gasteiger partial charge in [0.15, 0.2) is 0 Å². The number of hydrogen-bond donors (Lipinski definition) is 1. The molecular weight excluding hydrogens is 188 g/mol. The molecule has 0 amide bonds. The van der Waals surface area contributed by atoms with Gasteiger partial charge in [0.2, 0.25) is 0 Å². The van der Waals surface area contributed by atoms with E-state index in [-0.39, 0.29) is 11.6 Å². The zero-order valence-corrected chi connectivity index (χ0v) is 9.57. The normalized spacial score (nSPS) is 20.7. The molecule has 0 bridgehead atoms. The summed E-state index contributed by atoms with van der Waals surface area (Å²) in [6.07, 6.45) is 4.26. The van der Waals surface area contributed by atoms with E-state index in [0.717, 1.165) is 18.8 Å². The fraction of sp³-hybridized carbons (Fsp3) is 0.667. The first-order chi connectivity index (χ1) is 7.12. The van der Waals surface area contributed by atoms with Crippen molar-refractivity contribution >= 4 is 0 Å². The van der Waals surface area contributed by atoms with Gasteiger partial charge in [-0.25, -0.2) is 0 Å². The van der Waals surface area contributed by atoms with Crippen molar-refractivity contribution in [3.8, 4) is 0 Å². The lowest BCUT2D eigenvalue weighted by Gasteiger charge is -2.39. The second-order valence-corrected chi connectivity index (χ2v) is 4.84. The first kappa shape index (κ1) is 10.7. The van der Waals surface area contributed by atoms with Gasteiger partial charge < -0.3 is 10.2 Å². The fourth-order valence-corrected chi connectivity index (χ4v) is 2.31. The predicted octanol–water partition coefficient (Wildman–Crippen LogP) is 2.15. The van der Waals surface area contributed by atoms with Gasteiger partial charge in [0.05, 0.1) is 12.3 Å². The van der Waals surface area contributed by atoms with Crippen LogP contribution >= 0.6 is 0 Å². The van der Waals surface area contributed by atoms with Crippen LogP contribution in [0.1, 0.15) is 38.5 Å². The van der Waals surface area contributed by atoms with Gasteiger partial charge in [0, 0.05) is 5.54 Å². The maximum atomic E-state index is 6.26. The minimum atomic E-state index is -0.0504. The molecule has 1 atom stereocenters. The number of furan rings is 1. The standard InChI is InChI=1S/C12H20N2O/c1-12(2,14-7-3-4-8-14)11(13)10-6-5-9-15-10/h5-6,9,11H,3-4,7-8,13H2,1-2H3. The first-order valence-electron chi connectivity index (χ1n) is 5.66. The lowest BCUT2D eigenvalue weighted by atomic mass is 9.91. The summed E-state index contributed by atoms with van der Waals surface area (Å²) in [6, 6.07) is 3.81. The average Bonchev–Trinajstić information content (AvgIpc) is 2.89. The van der Waals surface area contributed by atoms with Crippen LogP contribution in [0, 0.1) is 0 Å². The molecule has 2 rings (SSSR count). The molecule has 0 radical (unpaired) electrons. The molecule has 0 aromatic carbocycles. The van der Waals surface area contributed by atoms with Gasteiger partial charge in [-0.05, 0) is 51.9 Å². The zero-order chi connectivity index (χ0) is 10.9. The highest BCUT2D eigenvalue weighted by Crippen LogP contribution is 2.31. The molecule has 2 N–H and O–H groups in total. The van der Waals surface area contributed by atoms with E-state index in [2.05, 4.69) is 18.7 Å². The summed E-state index contributed by atoms with van der Waals surface area (Å²) in [6.45, 7) is 6.71. The largest absolute Gasteiger partial charge is 0.468 e. The highest BCUT2D eigenvalue weighted by Gasteiger charge is 2.36. The second-order valence-electron chi connectivity index (χ2n) is 4.84. The van der Waals surface area contributed by atoms with E-state index in [9.17, 15) is 0 Å². The van der Waals surface area contributed by atoms with E-state index in [1.54, 1.807) is 6.26 Å². The van der Waals surface area contributed by atoms with Crippen LogP contribution in [0.4, 0.5) is 0 Å². The smallest absolute Gasteiger partial charge is 0.122 e. The van der Waals surface area contributed by atoms with Gasteiger partial charge >= 0.3 is 0 Å². The zero-order valence-electron chi connectivity index (χ0n) is 9.57. The molecule has 1 aromatic rings. The summed E-state index contributed by atoms with van der Waals surface area (Å²) in [5.74, 6) is 0.881. The van der Waals surface area contributed by atoms with E-state index in [1.165, 1.54) is 12.8 Å². The van der Waals surface area contributed by atoms with Gasteiger partial charge in [-0.1, -0.05) is 0 Å². The Morgan fingerprint density at radius 1 is 1.40 bits per heavy atom. The van der Waals surface area contributed by atoms with Crippen LogP contribution in [-0.4, -0.2) is 23.5 Å². The van der Waals surface area contributed by atoms with Gasteiger partial charge in [0.25, 0.3) is 0 Å². The van der Waals surface area contributed by atoms with Crippen molar-refractivity contribution in [1.82, 2.24) is 4.90 Å². The molecule has 15 heavy (non-hydrogen) atoms. The Morgan fingerprint density at radius 3 is 2.60 bits per heavy atom. The topological polar surface area (TPSA) is 42.4 Å². The average molecular weight is 208 g/mol. The molecule has 84 valence electrons. The molecular formula is C12H20N2O. The van der Waals surface area contributed by atoms with Crippen LogP contribution in [0.25, 0.3) is 0 Å². The van der Waals surface area contributed by atoms with E-state index < -0.39 is 0 Å². The molecule has 1 unspecified atom stereocenters. The van der Waals surface area contributed by atoms with Crippen LogP contribution in [0.5, 0.6) is 0 Å². The third kappa shape index (κ3) is 1.94. The van der Waals surface area contributed by atoms with Gasteiger partial charge in [-0.2, -0.15) is 0 Å². The molecule has 3 nitrogen and oxygen atoms in total.